The molecule has 0 unspecified atom stereocenters. The van der Waals surface area contributed by atoms with Gasteiger partial charge in [0.05, 0.1) is 18.3 Å². The Morgan fingerprint density at radius 3 is 2.84 bits per heavy atom. The summed E-state index contributed by atoms with van der Waals surface area (Å²) in [6.45, 7) is 1.80. The molecule has 0 aliphatic rings. The van der Waals surface area contributed by atoms with E-state index in [0.29, 0.717) is 17.1 Å². The van der Waals surface area contributed by atoms with Crippen LogP contribution in [0.4, 0.5) is 15.8 Å². The molecule has 0 aliphatic heterocycles. The maximum Gasteiger partial charge on any atom is 0.230 e. The molecule has 2 aromatic rings. The molecular formula is C14H14FN3O. The van der Waals surface area contributed by atoms with Crippen LogP contribution in [0.5, 0.6) is 0 Å². The van der Waals surface area contributed by atoms with Crippen molar-refractivity contribution < 1.29 is 9.18 Å². The Morgan fingerprint density at radius 1 is 1.37 bits per heavy atom. The zero-order chi connectivity index (χ0) is 13.8. The summed E-state index contributed by atoms with van der Waals surface area (Å²) in [7, 11) is 0. The number of aromatic nitrogens is 1. The molecule has 1 amide bonds. The van der Waals surface area contributed by atoms with Crippen LogP contribution in [0.25, 0.3) is 0 Å². The molecule has 98 valence electrons. The van der Waals surface area contributed by atoms with Crippen molar-refractivity contribution in [1.82, 2.24) is 4.98 Å². The third kappa shape index (κ3) is 3.51. The van der Waals surface area contributed by atoms with E-state index < -0.39 is 0 Å². The lowest BCUT2D eigenvalue weighted by atomic mass is 10.2. The van der Waals surface area contributed by atoms with Crippen molar-refractivity contribution in [1.29, 1.82) is 0 Å². The van der Waals surface area contributed by atoms with Crippen molar-refractivity contribution in [3.63, 3.8) is 0 Å². The summed E-state index contributed by atoms with van der Waals surface area (Å²) in [5.41, 5.74) is 7.95. The Hall–Kier alpha value is -2.43. The maximum absolute atomic E-state index is 13.1. The van der Waals surface area contributed by atoms with E-state index in [9.17, 15) is 9.18 Å². The van der Waals surface area contributed by atoms with Crippen LogP contribution in [0.1, 0.15) is 11.3 Å². The first-order valence-corrected chi connectivity index (χ1v) is 5.81. The second-order valence-electron chi connectivity index (χ2n) is 4.27. The van der Waals surface area contributed by atoms with Gasteiger partial charge in [0.25, 0.3) is 0 Å². The van der Waals surface area contributed by atoms with Crippen molar-refractivity contribution in [2.24, 2.45) is 0 Å². The number of pyridine rings is 1. The molecule has 0 radical (unpaired) electrons. The van der Waals surface area contributed by atoms with Crippen LogP contribution in [0, 0.1) is 12.7 Å². The largest absolute Gasteiger partial charge is 0.397 e. The minimum atomic E-state index is -0.383. The zero-order valence-corrected chi connectivity index (χ0v) is 10.5. The molecule has 1 aromatic carbocycles. The van der Waals surface area contributed by atoms with Gasteiger partial charge in [-0.15, -0.1) is 0 Å². The molecule has 3 N–H and O–H groups in total. The third-order valence-corrected chi connectivity index (χ3v) is 2.66. The fraction of sp³-hybridized carbons (Fsp3) is 0.143. The van der Waals surface area contributed by atoms with Gasteiger partial charge in [-0.05, 0) is 36.8 Å². The minimum Gasteiger partial charge on any atom is -0.397 e. The molecule has 0 bridgehead atoms. The molecule has 1 heterocycles. The first-order valence-electron chi connectivity index (χ1n) is 5.81. The number of halogens is 1. The second-order valence-corrected chi connectivity index (χ2v) is 4.27. The number of anilines is 2. The van der Waals surface area contributed by atoms with Gasteiger partial charge in [-0.3, -0.25) is 9.78 Å². The highest BCUT2D eigenvalue weighted by atomic mass is 19.1. The number of aryl methyl sites for hydroxylation is 1. The predicted octanol–water partition coefficient (Wildman–Crippen LogP) is 2.29. The molecule has 0 saturated heterocycles. The highest BCUT2D eigenvalue weighted by Crippen LogP contribution is 2.16. The van der Waals surface area contributed by atoms with Crippen molar-refractivity contribution in [3.05, 3.63) is 53.6 Å². The van der Waals surface area contributed by atoms with Crippen LogP contribution < -0.4 is 11.1 Å². The Kier molecular flexibility index (Phi) is 3.75. The SMILES string of the molecule is Cc1ccc(F)cc1NC(=O)Cc1ccc(N)cn1. The summed E-state index contributed by atoms with van der Waals surface area (Å²) < 4.78 is 13.1. The van der Waals surface area contributed by atoms with E-state index in [1.54, 1.807) is 25.1 Å². The monoisotopic (exact) mass is 259 g/mol. The third-order valence-electron chi connectivity index (χ3n) is 2.66. The van der Waals surface area contributed by atoms with Gasteiger partial charge >= 0.3 is 0 Å². The summed E-state index contributed by atoms with van der Waals surface area (Å²) in [6.07, 6.45) is 1.62. The number of carbonyl (C=O) groups excluding carboxylic acids is 1. The van der Waals surface area contributed by atoms with Gasteiger partial charge in [0.1, 0.15) is 5.82 Å². The van der Waals surface area contributed by atoms with Gasteiger partial charge in [-0.2, -0.15) is 0 Å². The molecule has 19 heavy (non-hydrogen) atoms. The Labute approximate surface area is 110 Å². The van der Waals surface area contributed by atoms with E-state index in [1.807, 2.05) is 0 Å². The fourth-order valence-corrected chi connectivity index (χ4v) is 1.63. The molecule has 0 atom stereocenters. The van der Waals surface area contributed by atoms with Crippen LogP contribution in [0.2, 0.25) is 0 Å². The Balaban J connectivity index is 2.05. The highest BCUT2D eigenvalue weighted by Gasteiger charge is 2.07. The summed E-state index contributed by atoms with van der Waals surface area (Å²) in [5, 5.41) is 2.66. The average Bonchev–Trinajstić information content (AvgIpc) is 2.37. The number of hydrogen-bond donors (Lipinski definition) is 2. The smallest absolute Gasteiger partial charge is 0.230 e. The number of benzene rings is 1. The van der Waals surface area contributed by atoms with Crippen LogP contribution >= 0.6 is 0 Å². The highest BCUT2D eigenvalue weighted by molar-refractivity contribution is 5.92. The first-order chi connectivity index (χ1) is 9.04. The molecule has 0 aliphatic carbocycles. The van der Waals surface area contributed by atoms with Crippen molar-refractivity contribution in [2.75, 3.05) is 11.1 Å². The predicted molar refractivity (Wildman–Crippen MR) is 72.1 cm³/mol. The van der Waals surface area contributed by atoms with Gasteiger partial charge in [-0.1, -0.05) is 6.07 Å². The zero-order valence-electron chi connectivity index (χ0n) is 10.5. The summed E-state index contributed by atoms with van der Waals surface area (Å²) >= 11 is 0. The number of nitrogens with one attached hydrogen (secondary N) is 1. The molecule has 5 heteroatoms. The number of carbonyl (C=O) groups is 1. The van der Waals surface area contributed by atoms with Crippen molar-refractivity contribution in [2.45, 2.75) is 13.3 Å². The van der Waals surface area contributed by atoms with E-state index in [0.717, 1.165) is 5.56 Å². The molecular weight excluding hydrogens is 245 g/mol. The van der Waals surface area contributed by atoms with Gasteiger partial charge in [0, 0.05) is 11.4 Å². The molecule has 1 aromatic heterocycles. The maximum atomic E-state index is 13.1. The van der Waals surface area contributed by atoms with Crippen LogP contribution in [-0.4, -0.2) is 10.9 Å². The quantitative estimate of drug-likeness (QED) is 0.888. The van der Waals surface area contributed by atoms with E-state index in [4.69, 9.17) is 5.73 Å². The Morgan fingerprint density at radius 2 is 2.16 bits per heavy atom. The fourth-order valence-electron chi connectivity index (χ4n) is 1.63. The average molecular weight is 259 g/mol. The van der Waals surface area contributed by atoms with Crippen molar-refractivity contribution in [3.8, 4) is 0 Å². The summed E-state index contributed by atoms with van der Waals surface area (Å²) in [5.74, 6) is -0.627. The molecule has 0 fully saturated rings. The lowest BCUT2D eigenvalue weighted by Gasteiger charge is -2.08. The number of amides is 1. The van der Waals surface area contributed by atoms with Crippen LogP contribution in [0.3, 0.4) is 0 Å². The molecule has 0 saturated carbocycles. The van der Waals surface area contributed by atoms with E-state index in [1.165, 1.54) is 18.3 Å². The summed E-state index contributed by atoms with van der Waals surface area (Å²) in [4.78, 5) is 15.9. The number of rotatable bonds is 3. The standard InChI is InChI=1S/C14H14FN3O/c1-9-2-3-10(15)6-13(9)18-14(19)7-12-5-4-11(16)8-17-12/h2-6,8H,7,16H2,1H3,(H,18,19). The van der Waals surface area contributed by atoms with E-state index in [2.05, 4.69) is 10.3 Å². The topological polar surface area (TPSA) is 68.0 Å². The van der Waals surface area contributed by atoms with Crippen LogP contribution in [-0.2, 0) is 11.2 Å². The lowest BCUT2D eigenvalue weighted by molar-refractivity contribution is -0.115. The molecule has 0 spiro atoms. The number of nitrogens with two attached hydrogens (primary N) is 1. The summed E-state index contributed by atoms with van der Waals surface area (Å²) in [6, 6.07) is 7.64. The number of nitrogens with zero attached hydrogens (tertiary/aromatic N) is 1. The minimum absolute atomic E-state index is 0.121. The van der Waals surface area contributed by atoms with Gasteiger partial charge in [-0.25, -0.2) is 4.39 Å². The second kappa shape index (κ2) is 5.48. The molecule has 4 nitrogen and oxygen atoms in total. The number of hydrogen-bond acceptors (Lipinski definition) is 3. The lowest BCUT2D eigenvalue weighted by Crippen LogP contribution is -2.16. The molecule has 2 rings (SSSR count). The van der Waals surface area contributed by atoms with Crippen molar-refractivity contribution >= 4 is 17.3 Å². The van der Waals surface area contributed by atoms with Gasteiger partial charge < -0.3 is 11.1 Å². The van der Waals surface area contributed by atoms with Gasteiger partial charge in [0.15, 0.2) is 0 Å². The number of nitrogen functional groups attached to an aromatic ring is 1. The van der Waals surface area contributed by atoms with E-state index >= 15 is 0 Å². The van der Waals surface area contributed by atoms with Crippen LogP contribution in [0.15, 0.2) is 36.5 Å². The normalized spacial score (nSPS) is 10.2. The first kappa shape index (κ1) is 13.0. The van der Waals surface area contributed by atoms with E-state index in [-0.39, 0.29) is 18.1 Å². The Bertz CT molecular complexity index is 596. The van der Waals surface area contributed by atoms with Gasteiger partial charge in [0.2, 0.25) is 5.91 Å².